The fourth-order valence-corrected chi connectivity index (χ4v) is 1.44. The molecule has 0 aliphatic heterocycles. The van der Waals surface area contributed by atoms with Crippen LogP contribution < -0.4 is 5.32 Å². The molecule has 0 unspecified atom stereocenters. The molecule has 82 valence electrons. The third-order valence-corrected chi connectivity index (χ3v) is 2.35. The van der Waals surface area contributed by atoms with Gasteiger partial charge in [-0.3, -0.25) is 0 Å². The predicted octanol–water partition coefficient (Wildman–Crippen LogP) is -0.747. The first-order valence-electron chi connectivity index (χ1n) is 4.98. The number of hydrogen-bond donors (Lipinski definition) is 4. The van der Waals surface area contributed by atoms with Gasteiger partial charge < -0.3 is 20.6 Å². The van der Waals surface area contributed by atoms with Gasteiger partial charge in [0.25, 0.3) is 0 Å². The van der Waals surface area contributed by atoms with Gasteiger partial charge in [-0.15, -0.1) is 0 Å². The lowest BCUT2D eigenvalue weighted by Crippen LogP contribution is -2.52. The minimum absolute atomic E-state index is 0.268. The normalized spacial score (nSPS) is 37.9. The van der Waals surface area contributed by atoms with Crippen LogP contribution in [0.2, 0.25) is 0 Å². The highest BCUT2D eigenvalue weighted by Gasteiger charge is 2.32. The summed E-state index contributed by atoms with van der Waals surface area (Å²) in [6.45, 7) is 4.91. The zero-order valence-electron chi connectivity index (χ0n) is 8.59. The molecule has 14 heavy (non-hydrogen) atoms. The van der Waals surface area contributed by atoms with Crippen LogP contribution in [0.1, 0.15) is 13.8 Å². The first-order chi connectivity index (χ1) is 6.52. The zero-order valence-corrected chi connectivity index (χ0v) is 8.59. The minimum atomic E-state index is -1.09. The molecule has 4 heteroatoms. The first kappa shape index (κ1) is 11.7. The second kappa shape index (κ2) is 4.89. The predicted molar refractivity (Wildman–Crippen MR) is 53.8 cm³/mol. The number of hydrogen-bond acceptors (Lipinski definition) is 4. The molecule has 4 N–H and O–H groups in total. The van der Waals surface area contributed by atoms with Crippen molar-refractivity contribution in [1.82, 2.24) is 5.32 Å². The second-order valence-corrected chi connectivity index (χ2v) is 4.18. The van der Waals surface area contributed by atoms with Crippen molar-refractivity contribution in [3.63, 3.8) is 0 Å². The van der Waals surface area contributed by atoms with Crippen molar-refractivity contribution < 1.29 is 15.3 Å². The largest absolute Gasteiger partial charge is 0.388 e. The van der Waals surface area contributed by atoms with E-state index in [1.807, 2.05) is 0 Å². The van der Waals surface area contributed by atoms with E-state index in [2.05, 4.69) is 19.2 Å². The van der Waals surface area contributed by atoms with E-state index in [4.69, 9.17) is 0 Å². The molecule has 0 saturated heterocycles. The Labute approximate surface area is 84.3 Å². The van der Waals surface area contributed by atoms with Crippen LogP contribution in [0.15, 0.2) is 12.2 Å². The van der Waals surface area contributed by atoms with Crippen LogP contribution in [0.4, 0.5) is 0 Å². The van der Waals surface area contributed by atoms with Crippen LogP contribution >= 0.6 is 0 Å². The molecule has 0 radical (unpaired) electrons. The molecule has 0 saturated carbocycles. The van der Waals surface area contributed by atoms with Gasteiger partial charge in [0.15, 0.2) is 0 Å². The summed E-state index contributed by atoms with van der Waals surface area (Å²) in [4.78, 5) is 0. The van der Waals surface area contributed by atoms with E-state index < -0.39 is 18.3 Å². The van der Waals surface area contributed by atoms with Gasteiger partial charge in [0.1, 0.15) is 18.3 Å². The summed E-state index contributed by atoms with van der Waals surface area (Å²) >= 11 is 0. The molecule has 0 amide bonds. The lowest BCUT2D eigenvalue weighted by Gasteiger charge is -2.31. The molecular formula is C10H19NO3. The van der Waals surface area contributed by atoms with Gasteiger partial charge in [-0.25, -0.2) is 0 Å². The van der Waals surface area contributed by atoms with Crippen LogP contribution in [-0.4, -0.2) is 46.2 Å². The molecule has 4 nitrogen and oxygen atoms in total. The second-order valence-electron chi connectivity index (χ2n) is 4.18. The van der Waals surface area contributed by atoms with Crippen LogP contribution in [0.5, 0.6) is 0 Å². The Morgan fingerprint density at radius 3 is 2.36 bits per heavy atom. The van der Waals surface area contributed by atoms with Crippen LogP contribution in [-0.2, 0) is 0 Å². The molecule has 1 rings (SSSR count). The van der Waals surface area contributed by atoms with E-state index in [0.717, 1.165) is 6.54 Å². The Morgan fingerprint density at radius 1 is 1.14 bits per heavy atom. The van der Waals surface area contributed by atoms with Crippen LogP contribution in [0.25, 0.3) is 0 Å². The quantitative estimate of drug-likeness (QED) is 0.454. The molecule has 0 heterocycles. The molecule has 1 aliphatic rings. The summed E-state index contributed by atoms with van der Waals surface area (Å²) in [6, 6.07) is -0.268. The highest BCUT2D eigenvalue weighted by Crippen LogP contribution is 2.13. The van der Waals surface area contributed by atoms with Gasteiger partial charge in [-0.05, 0) is 12.5 Å². The van der Waals surface area contributed by atoms with Crippen molar-refractivity contribution in [2.45, 2.75) is 38.2 Å². The zero-order chi connectivity index (χ0) is 10.7. The summed E-state index contributed by atoms with van der Waals surface area (Å²) < 4.78 is 0. The summed E-state index contributed by atoms with van der Waals surface area (Å²) in [7, 11) is 0. The number of aliphatic hydroxyl groups excluding tert-OH is 3. The van der Waals surface area contributed by atoms with Gasteiger partial charge in [0, 0.05) is 0 Å². The standard InChI is InChI=1S/C10H19NO3/c1-6(2)5-11-7-3-4-8(12)10(14)9(7)13/h3-4,6-14H,5H2,1-2H3/t7-,8+,9+,10+/m0/s1. The van der Waals surface area contributed by atoms with Crippen molar-refractivity contribution in [1.29, 1.82) is 0 Å². The van der Waals surface area contributed by atoms with Crippen molar-refractivity contribution in [3.05, 3.63) is 12.2 Å². The maximum atomic E-state index is 9.60. The monoisotopic (exact) mass is 201 g/mol. The average molecular weight is 201 g/mol. The number of nitrogens with one attached hydrogen (secondary N) is 1. The van der Waals surface area contributed by atoms with E-state index in [1.54, 1.807) is 6.08 Å². The maximum absolute atomic E-state index is 9.60. The Morgan fingerprint density at radius 2 is 1.79 bits per heavy atom. The molecule has 0 fully saturated rings. The van der Waals surface area contributed by atoms with Crippen LogP contribution in [0.3, 0.4) is 0 Å². The molecule has 0 spiro atoms. The topological polar surface area (TPSA) is 72.7 Å². The van der Waals surface area contributed by atoms with E-state index in [-0.39, 0.29) is 6.04 Å². The molecule has 1 aliphatic carbocycles. The molecular weight excluding hydrogens is 182 g/mol. The van der Waals surface area contributed by atoms with Crippen molar-refractivity contribution in [2.75, 3.05) is 6.54 Å². The molecule has 0 aromatic carbocycles. The Bertz CT molecular complexity index is 206. The first-order valence-corrected chi connectivity index (χ1v) is 4.98. The minimum Gasteiger partial charge on any atom is -0.388 e. The fourth-order valence-electron chi connectivity index (χ4n) is 1.44. The Hall–Kier alpha value is -0.420. The van der Waals surface area contributed by atoms with E-state index in [9.17, 15) is 15.3 Å². The summed E-state index contributed by atoms with van der Waals surface area (Å²) in [6.07, 6.45) is 0.223. The Kier molecular flexibility index (Phi) is 4.07. The lowest BCUT2D eigenvalue weighted by molar-refractivity contribution is -0.0567. The lowest BCUT2D eigenvalue weighted by atomic mass is 9.94. The third kappa shape index (κ3) is 2.78. The molecule has 0 bridgehead atoms. The maximum Gasteiger partial charge on any atom is 0.111 e. The van der Waals surface area contributed by atoms with Crippen molar-refractivity contribution in [3.8, 4) is 0 Å². The molecule has 0 aromatic rings. The van der Waals surface area contributed by atoms with Gasteiger partial charge in [0.05, 0.1) is 6.04 Å². The number of rotatable bonds is 3. The van der Waals surface area contributed by atoms with Crippen molar-refractivity contribution >= 4 is 0 Å². The summed E-state index contributed by atoms with van der Waals surface area (Å²) in [5.41, 5.74) is 0. The SMILES string of the molecule is CC(C)CN[C@H]1C=C[C@@H](O)[C@@H](O)[C@@H]1O. The van der Waals surface area contributed by atoms with E-state index >= 15 is 0 Å². The van der Waals surface area contributed by atoms with E-state index in [1.165, 1.54) is 6.08 Å². The summed E-state index contributed by atoms with van der Waals surface area (Å²) in [5, 5.41) is 31.3. The van der Waals surface area contributed by atoms with Gasteiger partial charge in [-0.1, -0.05) is 26.0 Å². The molecule has 4 atom stereocenters. The highest BCUT2D eigenvalue weighted by molar-refractivity contribution is 5.10. The Balaban J connectivity index is 2.49. The summed E-state index contributed by atoms with van der Waals surface area (Å²) in [5.74, 6) is 0.486. The van der Waals surface area contributed by atoms with Gasteiger partial charge >= 0.3 is 0 Å². The molecule has 0 aromatic heterocycles. The van der Waals surface area contributed by atoms with Gasteiger partial charge in [-0.2, -0.15) is 0 Å². The van der Waals surface area contributed by atoms with E-state index in [0.29, 0.717) is 5.92 Å². The van der Waals surface area contributed by atoms with Crippen molar-refractivity contribution in [2.24, 2.45) is 5.92 Å². The van der Waals surface area contributed by atoms with Gasteiger partial charge in [0.2, 0.25) is 0 Å². The fraction of sp³-hybridized carbons (Fsp3) is 0.800. The average Bonchev–Trinajstić information content (AvgIpc) is 2.13. The van der Waals surface area contributed by atoms with Crippen LogP contribution in [0, 0.1) is 5.92 Å². The highest BCUT2D eigenvalue weighted by atomic mass is 16.4. The smallest absolute Gasteiger partial charge is 0.111 e. The number of aliphatic hydroxyl groups is 3. The third-order valence-electron chi connectivity index (χ3n) is 2.35.